The van der Waals surface area contributed by atoms with E-state index in [1.54, 1.807) is 48.5 Å². The molecule has 0 spiro atoms. The van der Waals surface area contributed by atoms with E-state index in [-0.39, 0.29) is 16.8 Å². The van der Waals surface area contributed by atoms with Gasteiger partial charge in [0.1, 0.15) is 11.3 Å². The van der Waals surface area contributed by atoms with Crippen LogP contribution in [0.5, 0.6) is 11.5 Å². The number of amides is 1. The third-order valence-electron chi connectivity index (χ3n) is 4.36. The number of esters is 1. The number of benzene rings is 3. The Hall–Kier alpha value is -4.10. The van der Waals surface area contributed by atoms with Crippen LogP contribution in [0.25, 0.3) is 11.0 Å². The zero-order chi connectivity index (χ0) is 22.5. The largest absolute Gasteiger partial charge is 0.455 e. The quantitative estimate of drug-likeness (QED) is 0.415. The van der Waals surface area contributed by atoms with E-state index in [0.717, 1.165) is 6.07 Å². The Bertz CT molecular complexity index is 1350. The molecule has 1 heterocycles. The zero-order valence-electron chi connectivity index (χ0n) is 16.5. The highest BCUT2D eigenvalue weighted by atomic mass is 35.5. The SMILES string of the molecule is O=C(COC(=O)c1cc(=O)c2ccccc2o1)Nc1cc(Cl)ccc1Oc1ccccc1. The molecule has 0 fully saturated rings. The first-order valence-corrected chi connectivity index (χ1v) is 9.90. The molecule has 0 saturated carbocycles. The fourth-order valence-electron chi connectivity index (χ4n) is 2.90. The third-order valence-corrected chi connectivity index (χ3v) is 4.59. The van der Waals surface area contributed by atoms with Gasteiger partial charge in [0.05, 0.1) is 11.1 Å². The molecule has 8 heteroatoms. The molecular weight excluding hydrogens is 434 g/mol. The summed E-state index contributed by atoms with van der Waals surface area (Å²) < 4.78 is 16.2. The van der Waals surface area contributed by atoms with Gasteiger partial charge in [-0.05, 0) is 42.5 Å². The molecule has 0 atom stereocenters. The van der Waals surface area contributed by atoms with Crippen LogP contribution in [-0.4, -0.2) is 18.5 Å². The van der Waals surface area contributed by atoms with Gasteiger partial charge in [-0.2, -0.15) is 0 Å². The van der Waals surface area contributed by atoms with Crippen molar-refractivity contribution >= 4 is 40.1 Å². The highest BCUT2D eigenvalue weighted by molar-refractivity contribution is 6.31. The van der Waals surface area contributed by atoms with Gasteiger partial charge in [0.25, 0.3) is 5.91 Å². The lowest BCUT2D eigenvalue weighted by Crippen LogP contribution is -2.21. The van der Waals surface area contributed by atoms with E-state index >= 15 is 0 Å². The first-order chi connectivity index (χ1) is 15.5. The molecule has 4 rings (SSSR count). The standard InChI is InChI=1S/C24H16ClNO6/c25-15-10-11-21(31-16-6-2-1-3-7-16)18(12-15)26-23(28)14-30-24(29)22-13-19(27)17-8-4-5-9-20(17)32-22/h1-13H,14H2,(H,26,28). The van der Waals surface area contributed by atoms with Crippen molar-refractivity contribution in [2.24, 2.45) is 0 Å². The van der Waals surface area contributed by atoms with Crippen LogP contribution in [0.4, 0.5) is 5.69 Å². The number of carbonyl (C=O) groups excluding carboxylic acids is 2. The normalized spacial score (nSPS) is 10.5. The highest BCUT2D eigenvalue weighted by Crippen LogP contribution is 2.32. The van der Waals surface area contributed by atoms with Crippen molar-refractivity contribution in [3.63, 3.8) is 0 Å². The predicted octanol–water partition coefficient (Wildman–Crippen LogP) is 5.03. The smallest absolute Gasteiger partial charge is 0.374 e. The van der Waals surface area contributed by atoms with Gasteiger partial charge in [-0.25, -0.2) is 4.79 Å². The summed E-state index contributed by atoms with van der Waals surface area (Å²) in [4.78, 5) is 36.8. The first kappa shape index (κ1) is 21.1. The maximum absolute atomic E-state index is 12.4. The molecule has 0 saturated heterocycles. The summed E-state index contributed by atoms with van der Waals surface area (Å²) in [7, 11) is 0. The third kappa shape index (κ3) is 4.96. The summed E-state index contributed by atoms with van der Waals surface area (Å²) in [5, 5.41) is 3.33. The summed E-state index contributed by atoms with van der Waals surface area (Å²) >= 11 is 6.04. The lowest BCUT2D eigenvalue weighted by Gasteiger charge is -2.13. The fraction of sp³-hybridized carbons (Fsp3) is 0.0417. The van der Waals surface area contributed by atoms with Gasteiger partial charge in [-0.3, -0.25) is 9.59 Å². The number of halogens is 1. The number of para-hydroxylation sites is 2. The van der Waals surface area contributed by atoms with Gasteiger partial charge < -0.3 is 19.2 Å². The van der Waals surface area contributed by atoms with Crippen LogP contribution in [0.1, 0.15) is 10.6 Å². The van der Waals surface area contributed by atoms with E-state index in [1.165, 1.54) is 6.07 Å². The molecule has 0 aliphatic rings. The second-order valence-electron chi connectivity index (χ2n) is 6.65. The Balaban J connectivity index is 1.44. The lowest BCUT2D eigenvalue weighted by atomic mass is 10.2. The van der Waals surface area contributed by atoms with E-state index in [4.69, 9.17) is 25.5 Å². The van der Waals surface area contributed by atoms with Crippen molar-refractivity contribution in [3.05, 3.63) is 99.9 Å². The Morgan fingerprint density at radius 2 is 1.69 bits per heavy atom. The Kier molecular flexibility index (Phi) is 6.19. The molecule has 3 aromatic carbocycles. The molecule has 7 nitrogen and oxygen atoms in total. The molecule has 1 N–H and O–H groups in total. The maximum atomic E-state index is 12.4. The molecule has 0 aliphatic heterocycles. The van der Waals surface area contributed by atoms with E-state index in [1.807, 2.05) is 18.2 Å². The van der Waals surface area contributed by atoms with Crippen molar-refractivity contribution in [1.82, 2.24) is 0 Å². The van der Waals surface area contributed by atoms with Gasteiger partial charge in [-0.15, -0.1) is 0 Å². The summed E-state index contributed by atoms with van der Waals surface area (Å²) in [6.07, 6.45) is 0. The average molecular weight is 450 g/mol. The summed E-state index contributed by atoms with van der Waals surface area (Å²) in [6.45, 7) is -0.605. The van der Waals surface area contributed by atoms with Gasteiger partial charge in [0.15, 0.2) is 17.8 Å². The second-order valence-corrected chi connectivity index (χ2v) is 7.09. The van der Waals surface area contributed by atoms with Gasteiger partial charge in [0.2, 0.25) is 5.76 Å². The van der Waals surface area contributed by atoms with Crippen LogP contribution >= 0.6 is 11.6 Å². The Morgan fingerprint density at radius 3 is 2.50 bits per heavy atom. The minimum Gasteiger partial charge on any atom is -0.455 e. The number of hydrogen-bond donors (Lipinski definition) is 1. The number of fused-ring (bicyclic) bond motifs is 1. The van der Waals surface area contributed by atoms with E-state index in [0.29, 0.717) is 27.6 Å². The monoisotopic (exact) mass is 449 g/mol. The van der Waals surface area contributed by atoms with E-state index < -0.39 is 18.5 Å². The minimum absolute atomic E-state index is 0.248. The van der Waals surface area contributed by atoms with Gasteiger partial charge in [0, 0.05) is 11.1 Å². The predicted molar refractivity (Wildman–Crippen MR) is 119 cm³/mol. The first-order valence-electron chi connectivity index (χ1n) is 9.52. The van der Waals surface area contributed by atoms with Crippen LogP contribution in [0.15, 0.2) is 88.1 Å². The van der Waals surface area contributed by atoms with Crippen LogP contribution in [0.3, 0.4) is 0 Å². The summed E-state index contributed by atoms with van der Waals surface area (Å²) in [5.74, 6) is -0.919. The molecule has 0 bridgehead atoms. The highest BCUT2D eigenvalue weighted by Gasteiger charge is 2.16. The summed E-state index contributed by atoms with van der Waals surface area (Å²) in [6, 6.07) is 21.3. The Labute approximate surface area is 187 Å². The van der Waals surface area contributed by atoms with Crippen LogP contribution in [0, 0.1) is 0 Å². The zero-order valence-corrected chi connectivity index (χ0v) is 17.3. The summed E-state index contributed by atoms with van der Waals surface area (Å²) in [5.41, 5.74) is 0.169. The molecule has 0 unspecified atom stereocenters. The van der Waals surface area contributed by atoms with E-state index in [2.05, 4.69) is 5.32 Å². The molecule has 160 valence electrons. The van der Waals surface area contributed by atoms with Crippen LogP contribution in [-0.2, 0) is 9.53 Å². The molecule has 32 heavy (non-hydrogen) atoms. The number of carbonyl (C=O) groups is 2. The van der Waals surface area contributed by atoms with Crippen LogP contribution < -0.4 is 15.5 Å². The fourth-order valence-corrected chi connectivity index (χ4v) is 3.07. The number of hydrogen-bond acceptors (Lipinski definition) is 6. The number of anilines is 1. The average Bonchev–Trinajstić information content (AvgIpc) is 2.80. The number of nitrogens with one attached hydrogen (secondary N) is 1. The number of ether oxygens (including phenoxy) is 2. The molecular formula is C24H16ClNO6. The van der Waals surface area contributed by atoms with Crippen molar-refractivity contribution < 1.29 is 23.5 Å². The van der Waals surface area contributed by atoms with Crippen molar-refractivity contribution in [3.8, 4) is 11.5 Å². The minimum atomic E-state index is -0.935. The molecule has 1 amide bonds. The number of rotatable bonds is 6. The molecule has 0 radical (unpaired) electrons. The second kappa shape index (κ2) is 9.36. The van der Waals surface area contributed by atoms with E-state index in [9.17, 15) is 14.4 Å². The van der Waals surface area contributed by atoms with Gasteiger partial charge >= 0.3 is 5.97 Å². The van der Waals surface area contributed by atoms with Crippen LogP contribution in [0.2, 0.25) is 5.02 Å². The van der Waals surface area contributed by atoms with Crippen molar-refractivity contribution in [2.75, 3.05) is 11.9 Å². The topological polar surface area (TPSA) is 94.8 Å². The van der Waals surface area contributed by atoms with Crippen molar-refractivity contribution in [2.45, 2.75) is 0 Å². The van der Waals surface area contributed by atoms with Crippen molar-refractivity contribution in [1.29, 1.82) is 0 Å². The molecule has 1 aromatic heterocycles. The maximum Gasteiger partial charge on any atom is 0.374 e. The molecule has 4 aromatic rings. The molecule has 0 aliphatic carbocycles. The lowest BCUT2D eigenvalue weighted by molar-refractivity contribution is -0.119. The van der Waals surface area contributed by atoms with Gasteiger partial charge in [-0.1, -0.05) is 41.9 Å². The Morgan fingerprint density at radius 1 is 0.938 bits per heavy atom.